The summed E-state index contributed by atoms with van der Waals surface area (Å²) in [6.07, 6.45) is -4.79. The van der Waals surface area contributed by atoms with Crippen LogP contribution in [0.3, 0.4) is 0 Å². The quantitative estimate of drug-likeness (QED) is 0.903. The predicted molar refractivity (Wildman–Crippen MR) is 63.2 cm³/mol. The molecule has 1 aromatic rings. The number of sulfonamides is 1. The van der Waals surface area contributed by atoms with E-state index in [0.29, 0.717) is 6.07 Å². The van der Waals surface area contributed by atoms with Gasteiger partial charge in [0.1, 0.15) is 0 Å². The van der Waals surface area contributed by atoms with Crippen molar-refractivity contribution in [1.29, 1.82) is 0 Å². The molecule has 0 atom stereocenters. The maximum absolute atomic E-state index is 12.9. The molecule has 106 valence electrons. The second-order valence-electron chi connectivity index (χ2n) is 4.22. The number of benzene rings is 1. The van der Waals surface area contributed by atoms with Crippen LogP contribution < -0.4 is 5.73 Å². The van der Waals surface area contributed by atoms with E-state index >= 15 is 0 Å². The highest BCUT2D eigenvalue weighted by Gasteiger charge is 2.42. The first kappa shape index (κ1) is 14.6. The topological polar surface area (TPSA) is 63.4 Å². The molecule has 1 aliphatic rings. The van der Waals surface area contributed by atoms with Crippen molar-refractivity contribution in [2.24, 2.45) is 5.73 Å². The first-order chi connectivity index (χ1) is 8.62. The first-order valence-corrected chi connectivity index (χ1v) is 7.06. The molecule has 9 heteroatoms. The van der Waals surface area contributed by atoms with E-state index in [0.717, 1.165) is 16.4 Å². The van der Waals surface area contributed by atoms with Gasteiger partial charge in [-0.05, 0) is 18.2 Å². The van der Waals surface area contributed by atoms with Crippen LogP contribution >= 0.6 is 11.6 Å². The third kappa shape index (κ3) is 2.71. The van der Waals surface area contributed by atoms with Gasteiger partial charge in [0, 0.05) is 24.2 Å². The molecular formula is C10H10ClF3N2O2S. The Bertz CT molecular complexity index is 597. The van der Waals surface area contributed by atoms with Gasteiger partial charge >= 0.3 is 6.18 Å². The molecule has 0 saturated carbocycles. The summed E-state index contributed by atoms with van der Waals surface area (Å²) in [4.78, 5) is -0.795. The van der Waals surface area contributed by atoms with Crippen molar-refractivity contribution in [1.82, 2.24) is 4.31 Å². The molecule has 1 aromatic carbocycles. The van der Waals surface area contributed by atoms with Gasteiger partial charge in [-0.2, -0.15) is 17.5 Å². The molecule has 1 fully saturated rings. The monoisotopic (exact) mass is 314 g/mol. The van der Waals surface area contributed by atoms with Crippen molar-refractivity contribution in [3.63, 3.8) is 0 Å². The van der Waals surface area contributed by atoms with Crippen molar-refractivity contribution in [2.75, 3.05) is 13.1 Å². The molecule has 0 bridgehead atoms. The molecule has 1 saturated heterocycles. The molecule has 0 unspecified atom stereocenters. The van der Waals surface area contributed by atoms with Crippen LogP contribution in [0.25, 0.3) is 0 Å². The Hall–Kier alpha value is -0.830. The summed E-state index contributed by atoms with van der Waals surface area (Å²) < 4.78 is 63.6. The van der Waals surface area contributed by atoms with Gasteiger partial charge in [-0.3, -0.25) is 0 Å². The van der Waals surface area contributed by atoms with Crippen molar-refractivity contribution < 1.29 is 21.6 Å². The third-order valence-corrected chi connectivity index (χ3v) is 4.87. The number of alkyl halides is 3. The molecular weight excluding hydrogens is 305 g/mol. The Morgan fingerprint density at radius 3 is 2.37 bits per heavy atom. The van der Waals surface area contributed by atoms with Crippen LogP contribution in [0.4, 0.5) is 13.2 Å². The summed E-state index contributed by atoms with van der Waals surface area (Å²) in [6.45, 7) is 0.0323. The van der Waals surface area contributed by atoms with Gasteiger partial charge in [-0.1, -0.05) is 11.6 Å². The van der Waals surface area contributed by atoms with Crippen LogP contribution in [0, 0.1) is 0 Å². The summed E-state index contributed by atoms with van der Waals surface area (Å²) >= 11 is 5.50. The zero-order valence-corrected chi connectivity index (χ0v) is 11.1. The van der Waals surface area contributed by atoms with Gasteiger partial charge in [0.2, 0.25) is 10.0 Å². The molecule has 0 aliphatic carbocycles. The first-order valence-electron chi connectivity index (χ1n) is 5.25. The predicted octanol–water partition coefficient (Wildman–Crippen LogP) is 1.69. The van der Waals surface area contributed by atoms with E-state index in [1.165, 1.54) is 0 Å². The van der Waals surface area contributed by atoms with E-state index in [-0.39, 0.29) is 24.2 Å². The average molecular weight is 315 g/mol. The number of nitrogens with two attached hydrogens (primary N) is 1. The Labute approximate surface area is 113 Å². The minimum atomic E-state index is -4.79. The van der Waals surface area contributed by atoms with E-state index in [1.54, 1.807) is 0 Å². The SMILES string of the molecule is NC1CN(S(=O)(=O)c2ccc(Cl)cc2C(F)(F)F)C1. The summed E-state index contributed by atoms with van der Waals surface area (Å²) in [5.41, 5.74) is 4.18. The fourth-order valence-corrected chi connectivity index (χ4v) is 3.67. The third-order valence-electron chi connectivity index (χ3n) is 2.74. The lowest BCUT2D eigenvalue weighted by Gasteiger charge is -2.36. The van der Waals surface area contributed by atoms with Gasteiger partial charge in [-0.25, -0.2) is 8.42 Å². The number of nitrogens with zero attached hydrogens (tertiary/aromatic N) is 1. The molecule has 0 radical (unpaired) electrons. The highest BCUT2D eigenvalue weighted by Crippen LogP contribution is 2.37. The van der Waals surface area contributed by atoms with Gasteiger partial charge in [0.15, 0.2) is 0 Å². The van der Waals surface area contributed by atoms with E-state index in [1.807, 2.05) is 0 Å². The van der Waals surface area contributed by atoms with Crippen LogP contribution in [-0.4, -0.2) is 31.9 Å². The number of rotatable bonds is 2. The standard InChI is InChI=1S/C10H10ClF3N2O2S/c11-6-1-2-9(8(3-6)10(12,13)14)19(17,18)16-4-7(15)5-16/h1-3,7H,4-5,15H2. The van der Waals surface area contributed by atoms with Gasteiger partial charge in [0.25, 0.3) is 0 Å². The zero-order valence-electron chi connectivity index (χ0n) is 9.48. The minimum absolute atomic E-state index is 0.0161. The van der Waals surface area contributed by atoms with Gasteiger partial charge in [0.05, 0.1) is 10.5 Å². The molecule has 4 nitrogen and oxygen atoms in total. The molecule has 2 N–H and O–H groups in total. The number of halogens is 4. The maximum atomic E-state index is 12.9. The molecule has 0 amide bonds. The Balaban J connectivity index is 2.51. The highest BCUT2D eigenvalue weighted by atomic mass is 35.5. The van der Waals surface area contributed by atoms with Crippen LogP contribution in [0.15, 0.2) is 23.1 Å². The van der Waals surface area contributed by atoms with Crippen molar-refractivity contribution in [3.05, 3.63) is 28.8 Å². The van der Waals surface area contributed by atoms with E-state index in [4.69, 9.17) is 17.3 Å². The Morgan fingerprint density at radius 1 is 1.32 bits per heavy atom. The lowest BCUT2D eigenvalue weighted by molar-refractivity contribution is -0.139. The lowest BCUT2D eigenvalue weighted by atomic mass is 10.2. The average Bonchev–Trinajstić information content (AvgIpc) is 2.23. The van der Waals surface area contributed by atoms with Crippen molar-refractivity contribution in [2.45, 2.75) is 17.1 Å². The van der Waals surface area contributed by atoms with Crippen LogP contribution in [-0.2, 0) is 16.2 Å². The molecule has 2 rings (SSSR count). The summed E-state index contributed by atoms with van der Waals surface area (Å²) in [5.74, 6) is 0. The van der Waals surface area contributed by atoms with Gasteiger partial charge < -0.3 is 5.73 Å². The molecule has 19 heavy (non-hydrogen) atoms. The van der Waals surface area contributed by atoms with E-state index < -0.39 is 26.7 Å². The van der Waals surface area contributed by atoms with Crippen molar-refractivity contribution in [3.8, 4) is 0 Å². The second kappa shape index (κ2) is 4.62. The zero-order chi connectivity index (χ0) is 14.4. The van der Waals surface area contributed by atoms with E-state index in [9.17, 15) is 21.6 Å². The summed E-state index contributed by atoms with van der Waals surface area (Å²) in [6, 6.07) is 2.25. The largest absolute Gasteiger partial charge is 0.417 e. The summed E-state index contributed by atoms with van der Waals surface area (Å²) in [7, 11) is -4.19. The van der Waals surface area contributed by atoms with Crippen LogP contribution in [0.2, 0.25) is 5.02 Å². The Morgan fingerprint density at radius 2 is 1.89 bits per heavy atom. The normalized spacial score (nSPS) is 18.4. The smallest absolute Gasteiger partial charge is 0.325 e. The second-order valence-corrected chi connectivity index (χ2v) is 6.56. The fraction of sp³-hybridized carbons (Fsp3) is 0.400. The molecule has 1 heterocycles. The lowest BCUT2D eigenvalue weighted by Crippen LogP contribution is -2.57. The number of hydrogen-bond donors (Lipinski definition) is 1. The van der Waals surface area contributed by atoms with Crippen LogP contribution in [0.1, 0.15) is 5.56 Å². The highest BCUT2D eigenvalue weighted by molar-refractivity contribution is 7.89. The molecule has 0 spiro atoms. The molecule has 1 aliphatic heterocycles. The summed E-state index contributed by atoms with van der Waals surface area (Å²) in [5, 5.41) is -0.174. The Kier molecular flexibility index (Phi) is 3.54. The minimum Gasteiger partial charge on any atom is -0.325 e. The van der Waals surface area contributed by atoms with Gasteiger partial charge in [-0.15, -0.1) is 0 Å². The maximum Gasteiger partial charge on any atom is 0.417 e. The fourth-order valence-electron chi connectivity index (χ4n) is 1.75. The van der Waals surface area contributed by atoms with Crippen LogP contribution in [0.5, 0.6) is 0 Å². The van der Waals surface area contributed by atoms with E-state index in [2.05, 4.69) is 0 Å². The molecule has 0 aromatic heterocycles. The van der Waals surface area contributed by atoms with Crippen molar-refractivity contribution >= 4 is 21.6 Å². The number of hydrogen-bond acceptors (Lipinski definition) is 3.